The maximum atomic E-state index is 13.9. The third kappa shape index (κ3) is 5.24. The highest BCUT2D eigenvalue weighted by molar-refractivity contribution is 7.09. The maximum absolute atomic E-state index is 13.9. The minimum absolute atomic E-state index is 0.164. The van der Waals surface area contributed by atoms with Crippen LogP contribution in [0.1, 0.15) is 24.2 Å². The third-order valence-electron chi connectivity index (χ3n) is 4.01. The lowest BCUT2D eigenvalue weighted by Crippen LogP contribution is -2.39. The molecule has 10 heteroatoms. The van der Waals surface area contributed by atoms with E-state index in [0.717, 1.165) is 17.1 Å². The number of anilines is 1. The second-order valence-electron chi connectivity index (χ2n) is 5.97. The van der Waals surface area contributed by atoms with Crippen LogP contribution < -0.4 is 5.32 Å². The van der Waals surface area contributed by atoms with Crippen molar-refractivity contribution in [1.82, 2.24) is 14.3 Å². The zero-order valence-electron chi connectivity index (χ0n) is 14.1. The molecule has 27 heavy (non-hydrogen) atoms. The first-order chi connectivity index (χ1) is 12.9. The van der Waals surface area contributed by atoms with E-state index in [2.05, 4.69) is 14.7 Å². The van der Waals surface area contributed by atoms with Gasteiger partial charge in [-0.15, -0.1) is 0 Å². The topological polar surface area (TPSA) is 95.4 Å². The highest BCUT2D eigenvalue weighted by Gasteiger charge is 2.20. The van der Waals surface area contributed by atoms with E-state index in [9.17, 15) is 14.0 Å². The van der Waals surface area contributed by atoms with Crippen LogP contribution in [0.3, 0.4) is 0 Å². The number of aromatic nitrogens is 2. The fourth-order valence-corrected chi connectivity index (χ4v) is 3.40. The van der Waals surface area contributed by atoms with Gasteiger partial charge >= 0.3 is 12.0 Å². The molecule has 1 fully saturated rings. The van der Waals surface area contributed by atoms with Crippen molar-refractivity contribution in [3.8, 4) is 0 Å². The number of likely N-dealkylation sites (tertiary alicyclic amines) is 1. The lowest BCUT2D eigenvalue weighted by molar-refractivity contribution is -0.136. The van der Waals surface area contributed by atoms with Gasteiger partial charge in [-0.25, -0.2) is 14.2 Å². The molecular formula is C17H16ClFN4O3S. The summed E-state index contributed by atoms with van der Waals surface area (Å²) in [6.45, 7) is 0.987. The van der Waals surface area contributed by atoms with Crippen LogP contribution in [0.25, 0.3) is 6.08 Å². The molecule has 0 radical (unpaired) electrons. The van der Waals surface area contributed by atoms with Gasteiger partial charge in [0.2, 0.25) is 5.13 Å². The van der Waals surface area contributed by atoms with Gasteiger partial charge < -0.3 is 10.0 Å². The zero-order valence-corrected chi connectivity index (χ0v) is 15.7. The molecule has 0 spiro atoms. The highest BCUT2D eigenvalue weighted by Crippen LogP contribution is 2.23. The quantitative estimate of drug-likeness (QED) is 0.801. The Balaban J connectivity index is 1.55. The second-order valence-corrected chi connectivity index (χ2v) is 7.16. The van der Waals surface area contributed by atoms with Crippen molar-refractivity contribution in [2.45, 2.75) is 19.3 Å². The first kappa shape index (κ1) is 19.2. The number of rotatable bonds is 4. The van der Waals surface area contributed by atoms with Gasteiger partial charge in [0.05, 0.1) is 0 Å². The molecule has 1 aliphatic rings. The summed E-state index contributed by atoms with van der Waals surface area (Å²) in [5.41, 5.74) is 1.53. The zero-order chi connectivity index (χ0) is 19.4. The molecule has 7 nitrogen and oxygen atoms in total. The molecule has 2 aromatic rings. The van der Waals surface area contributed by atoms with Crippen molar-refractivity contribution < 1.29 is 19.1 Å². The number of urea groups is 1. The molecule has 2 amide bonds. The SMILES string of the molecule is O=C(O)Cc1nsc(NC(=O)N2CCC(=Cc3ccc(Cl)cc3F)CC2)n1. The second kappa shape index (κ2) is 8.45. The van der Waals surface area contributed by atoms with Gasteiger partial charge in [0.25, 0.3) is 0 Å². The van der Waals surface area contributed by atoms with E-state index in [1.54, 1.807) is 23.1 Å². The molecule has 1 aromatic heterocycles. The van der Waals surface area contributed by atoms with E-state index < -0.39 is 5.97 Å². The van der Waals surface area contributed by atoms with Crippen molar-refractivity contribution in [3.05, 3.63) is 46.0 Å². The van der Waals surface area contributed by atoms with Gasteiger partial charge in [-0.1, -0.05) is 29.3 Å². The molecule has 0 bridgehead atoms. The largest absolute Gasteiger partial charge is 0.481 e. The molecule has 1 aromatic carbocycles. The van der Waals surface area contributed by atoms with Crippen molar-refractivity contribution in [2.75, 3.05) is 18.4 Å². The number of benzene rings is 1. The number of carboxylic acids is 1. The summed E-state index contributed by atoms with van der Waals surface area (Å²) in [6, 6.07) is 4.23. The fraction of sp³-hybridized carbons (Fsp3) is 0.294. The van der Waals surface area contributed by atoms with E-state index in [4.69, 9.17) is 16.7 Å². The Kier molecular flexibility index (Phi) is 6.02. The average Bonchev–Trinajstić information content (AvgIpc) is 3.04. The number of aliphatic carboxylic acids is 1. The summed E-state index contributed by atoms with van der Waals surface area (Å²) < 4.78 is 17.8. The Labute approximate surface area is 163 Å². The number of nitrogens with one attached hydrogen (secondary N) is 1. The van der Waals surface area contributed by atoms with Crippen molar-refractivity contribution in [3.63, 3.8) is 0 Å². The monoisotopic (exact) mass is 410 g/mol. The van der Waals surface area contributed by atoms with E-state index in [1.165, 1.54) is 6.07 Å². The van der Waals surface area contributed by atoms with Crippen LogP contribution in [0.2, 0.25) is 5.02 Å². The molecule has 142 valence electrons. The van der Waals surface area contributed by atoms with Crippen LogP contribution in [0, 0.1) is 5.82 Å². The van der Waals surface area contributed by atoms with Crippen LogP contribution >= 0.6 is 23.1 Å². The lowest BCUT2D eigenvalue weighted by Gasteiger charge is -2.28. The number of nitrogens with zero attached hydrogens (tertiary/aromatic N) is 3. The standard InChI is InChI=1S/C17H16ClFN4O3S/c18-12-2-1-11(13(19)8-12)7-10-3-5-23(6-4-10)17(26)21-16-20-14(22-27-16)9-15(24)25/h1-2,7-8H,3-6,9H2,(H,24,25)(H,20,21,22,26). The molecule has 1 aliphatic heterocycles. The smallest absolute Gasteiger partial charge is 0.323 e. The minimum Gasteiger partial charge on any atom is -0.481 e. The van der Waals surface area contributed by atoms with Crippen LogP contribution in [0.4, 0.5) is 14.3 Å². The average molecular weight is 411 g/mol. The first-order valence-electron chi connectivity index (χ1n) is 8.15. The number of piperidine rings is 1. The third-order valence-corrected chi connectivity index (χ3v) is 4.91. The Hall–Kier alpha value is -2.52. The molecule has 1 saturated heterocycles. The fourth-order valence-electron chi connectivity index (χ4n) is 2.66. The molecule has 0 aliphatic carbocycles. The van der Waals surface area contributed by atoms with E-state index >= 15 is 0 Å². The van der Waals surface area contributed by atoms with Crippen LogP contribution in [0.15, 0.2) is 23.8 Å². The number of carbonyl (C=O) groups is 2. The molecular weight excluding hydrogens is 395 g/mol. The Morgan fingerprint density at radius 2 is 2.11 bits per heavy atom. The van der Waals surface area contributed by atoms with Gasteiger partial charge in [-0.3, -0.25) is 10.1 Å². The normalized spacial score (nSPS) is 14.1. The van der Waals surface area contributed by atoms with Crippen molar-refractivity contribution in [2.24, 2.45) is 0 Å². The Bertz CT molecular complexity index is 892. The van der Waals surface area contributed by atoms with Gasteiger partial charge in [0.15, 0.2) is 5.82 Å². The summed E-state index contributed by atoms with van der Waals surface area (Å²) in [4.78, 5) is 28.5. The predicted molar refractivity (Wildman–Crippen MR) is 100 cm³/mol. The lowest BCUT2D eigenvalue weighted by atomic mass is 10.0. The number of amides is 2. The molecule has 2 N–H and O–H groups in total. The number of hydrogen-bond donors (Lipinski definition) is 2. The summed E-state index contributed by atoms with van der Waals surface area (Å²) in [5.74, 6) is -1.24. The first-order valence-corrected chi connectivity index (χ1v) is 9.30. The number of halogens is 2. The molecule has 3 rings (SSSR count). The number of carbonyl (C=O) groups excluding carboxylic acids is 1. The molecule has 2 heterocycles. The Morgan fingerprint density at radius 3 is 2.78 bits per heavy atom. The van der Waals surface area contributed by atoms with Gasteiger partial charge in [-0.05, 0) is 25.0 Å². The van der Waals surface area contributed by atoms with E-state index in [1.807, 2.05) is 0 Å². The van der Waals surface area contributed by atoms with Gasteiger partial charge in [-0.2, -0.15) is 4.37 Å². The summed E-state index contributed by atoms with van der Waals surface area (Å²) >= 11 is 6.70. The van der Waals surface area contributed by atoms with Crippen LogP contribution in [-0.4, -0.2) is 44.5 Å². The van der Waals surface area contributed by atoms with E-state index in [0.29, 0.717) is 36.5 Å². The van der Waals surface area contributed by atoms with Crippen LogP contribution in [-0.2, 0) is 11.2 Å². The van der Waals surface area contributed by atoms with Crippen molar-refractivity contribution in [1.29, 1.82) is 0 Å². The van der Waals surface area contributed by atoms with Crippen molar-refractivity contribution >= 4 is 46.3 Å². The number of hydrogen-bond acceptors (Lipinski definition) is 5. The maximum Gasteiger partial charge on any atom is 0.323 e. The van der Waals surface area contributed by atoms with E-state index in [-0.39, 0.29) is 29.2 Å². The number of carboxylic acid groups (broad SMARTS) is 1. The van der Waals surface area contributed by atoms with Gasteiger partial charge in [0, 0.05) is 35.2 Å². The van der Waals surface area contributed by atoms with Gasteiger partial charge in [0.1, 0.15) is 12.2 Å². The minimum atomic E-state index is -1.03. The predicted octanol–water partition coefficient (Wildman–Crippen LogP) is 3.67. The highest BCUT2D eigenvalue weighted by atomic mass is 35.5. The summed E-state index contributed by atoms with van der Waals surface area (Å²) in [7, 11) is 0. The summed E-state index contributed by atoms with van der Waals surface area (Å²) in [6.07, 6.45) is 2.78. The van der Waals surface area contributed by atoms with Crippen LogP contribution in [0.5, 0.6) is 0 Å². The summed E-state index contributed by atoms with van der Waals surface area (Å²) in [5, 5.41) is 12.0. The Morgan fingerprint density at radius 1 is 1.37 bits per heavy atom. The molecule has 0 saturated carbocycles. The molecule has 0 atom stereocenters. The molecule has 0 unspecified atom stereocenters.